The van der Waals surface area contributed by atoms with Gasteiger partial charge in [-0.3, -0.25) is 0 Å². The Morgan fingerprint density at radius 1 is 1.05 bits per heavy atom. The summed E-state index contributed by atoms with van der Waals surface area (Å²) in [6, 6.07) is 11.5. The van der Waals surface area contributed by atoms with Crippen molar-refractivity contribution >= 4 is 5.69 Å². The highest BCUT2D eigenvalue weighted by Crippen LogP contribution is 2.44. The third-order valence-electron chi connectivity index (χ3n) is 3.23. The predicted octanol–water partition coefficient (Wildman–Crippen LogP) is 3.18. The normalized spacial score (nSPS) is 14.8. The second kappa shape index (κ2) is 4.83. The molecule has 0 amide bonds. The summed E-state index contributed by atoms with van der Waals surface area (Å²) >= 11 is 0. The molecule has 2 nitrogen and oxygen atoms in total. The first kappa shape index (κ1) is 14.4. The number of benzene rings is 2. The molecule has 0 fully saturated rings. The molecule has 0 aliphatic rings. The zero-order valence-corrected chi connectivity index (χ0v) is 10.7. The van der Waals surface area contributed by atoms with E-state index in [1.54, 1.807) is 6.92 Å². The molecule has 0 aliphatic heterocycles. The summed E-state index contributed by atoms with van der Waals surface area (Å²) in [5.74, 6) is 0. The van der Waals surface area contributed by atoms with E-state index in [-0.39, 0.29) is 11.1 Å². The van der Waals surface area contributed by atoms with Gasteiger partial charge in [0.05, 0.1) is 0 Å². The zero-order valence-electron chi connectivity index (χ0n) is 10.7. The van der Waals surface area contributed by atoms with Gasteiger partial charge in [-0.15, -0.1) is 0 Å². The molecular formula is C15H13F3NO. The van der Waals surface area contributed by atoms with Crippen LogP contribution in [0.4, 0.5) is 18.9 Å². The van der Waals surface area contributed by atoms with E-state index >= 15 is 0 Å². The zero-order chi connectivity index (χ0) is 15.0. The number of hydrogen-bond acceptors (Lipinski definition) is 2. The summed E-state index contributed by atoms with van der Waals surface area (Å²) < 4.78 is 40.2. The van der Waals surface area contributed by atoms with E-state index < -0.39 is 11.8 Å². The van der Waals surface area contributed by atoms with E-state index in [4.69, 9.17) is 5.73 Å². The fourth-order valence-corrected chi connectivity index (χ4v) is 2.02. The van der Waals surface area contributed by atoms with Gasteiger partial charge in [-0.05, 0) is 35.7 Å². The highest BCUT2D eigenvalue weighted by molar-refractivity contribution is 5.51. The van der Waals surface area contributed by atoms with Crippen LogP contribution in [0.3, 0.4) is 0 Å². The molecule has 1 atom stereocenters. The lowest BCUT2D eigenvalue weighted by Crippen LogP contribution is -2.43. The maximum atomic E-state index is 13.4. The van der Waals surface area contributed by atoms with Crippen molar-refractivity contribution in [1.29, 1.82) is 0 Å². The second-order valence-corrected chi connectivity index (χ2v) is 4.57. The van der Waals surface area contributed by atoms with E-state index in [0.29, 0.717) is 11.3 Å². The molecule has 0 aromatic heterocycles. The minimum atomic E-state index is -4.85. The first-order valence-electron chi connectivity index (χ1n) is 5.89. The fraction of sp³-hybridized carbons (Fsp3) is 0.200. The quantitative estimate of drug-likeness (QED) is 0.830. The number of aliphatic hydroxyl groups is 1. The van der Waals surface area contributed by atoms with Crippen LogP contribution < -0.4 is 5.73 Å². The molecule has 5 heteroatoms. The van der Waals surface area contributed by atoms with Gasteiger partial charge in [-0.25, -0.2) is 0 Å². The number of rotatable bonds is 2. The number of hydrogen-bond donors (Lipinski definition) is 2. The maximum Gasteiger partial charge on any atom is 0.425 e. The largest absolute Gasteiger partial charge is 0.425 e. The lowest BCUT2D eigenvalue weighted by molar-refractivity contribution is -0.248. The molecule has 20 heavy (non-hydrogen) atoms. The van der Waals surface area contributed by atoms with E-state index in [9.17, 15) is 18.3 Å². The van der Waals surface area contributed by atoms with Gasteiger partial charge in [0.1, 0.15) is 0 Å². The molecule has 2 rings (SSSR count). The van der Waals surface area contributed by atoms with Gasteiger partial charge in [0.2, 0.25) is 5.60 Å². The van der Waals surface area contributed by atoms with E-state index in [2.05, 4.69) is 6.07 Å². The van der Waals surface area contributed by atoms with Crippen molar-refractivity contribution in [3.8, 4) is 0 Å². The molecule has 3 N–H and O–H groups in total. The minimum absolute atomic E-state index is 0.257. The maximum absolute atomic E-state index is 13.4. The van der Waals surface area contributed by atoms with Gasteiger partial charge in [-0.2, -0.15) is 13.2 Å². The van der Waals surface area contributed by atoms with Gasteiger partial charge in [0.15, 0.2) is 0 Å². The van der Waals surface area contributed by atoms with Crippen LogP contribution in [0.5, 0.6) is 0 Å². The second-order valence-electron chi connectivity index (χ2n) is 4.57. The summed E-state index contributed by atoms with van der Waals surface area (Å²) in [6.07, 6.45) is -4.85. The van der Waals surface area contributed by atoms with E-state index in [1.807, 2.05) is 0 Å². The van der Waals surface area contributed by atoms with Gasteiger partial charge >= 0.3 is 6.18 Å². The van der Waals surface area contributed by atoms with Crippen molar-refractivity contribution in [2.24, 2.45) is 0 Å². The predicted molar refractivity (Wildman–Crippen MR) is 69.9 cm³/mol. The van der Waals surface area contributed by atoms with Crippen molar-refractivity contribution in [1.82, 2.24) is 0 Å². The molecule has 1 radical (unpaired) electrons. The molecule has 1 unspecified atom stereocenters. The smallest absolute Gasteiger partial charge is 0.399 e. The topological polar surface area (TPSA) is 46.2 Å². The number of nitrogens with two attached hydrogens (primary N) is 1. The number of aryl methyl sites for hydroxylation is 1. The molecule has 0 bridgehead atoms. The number of alkyl halides is 3. The first-order chi connectivity index (χ1) is 9.26. The standard InChI is InChI=1S/C15H13F3NO/c1-10-9-12(7-8-13(10)19)14(20,15(16,17)18)11-5-3-2-4-6-11/h3-9,20H,19H2,1H3. The summed E-state index contributed by atoms with van der Waals surface area (Å²) in [5, 5.41) is 10.3. The number of halogens is 3. The van der Waals surface area contributed by atoms with Crippen LogP contribution in [0.1, 0.15) is 16.7 Å². The van der Waals surface area contributed by atoms with Crippen molar-refractivity contribution in [3.63, 3.8) is 0 Å². The Hall–Kier alpha value is -2.01. The highest BCUT2D eigenvalue weighted by Gasteiger charge is 2.56. The summed E-state index contributed by atoms with van der Waals surface area (Å²) in [4.78, 5) is 0. The molecule has 2 aromatic rings. The van der Waals surface area contributed by atoms with Gasteiger partial charge in [0, 0.05) is 5.69 Å². The Morgan fingerprint density at radius 2 is 1.65 bits per heavy atom. The van der Waals surface area contributed by atoms with Crippen LogP contribution in [0, 0.1) is 13.0 Å². The SMILES string of the molecule is Cc1cc(C(O)(c2cc[c]cc2)C(F)(F)F)ccc1N. The Kier molecular flexibility index (Phi) is 3.48. The summed E-state index contributed by atoms with van der Waals surface area (Å²) in [5.41, 5.74) is 2.88. The third kappa shape index (κ3) is 2.25. The van der Waals surface area contributed by atoms with Gasteiger partial charge in [0.25, 0.3) is 0 Å². The molecular weight excluding hydrogens is 267 g/mol. The number of anilines is 1. The average Bonchev–Trinajstić information content (AvgIpc) is 2.40. The molecule has 0 saturated carbocycles. The minimum Gasteiger partial charge on any atom is -0.399 e. The first-order valence-corrected chi connectivity index (χ1v) is 5.89. The van der Waals surface area contributed by atoms with Gasteiger partial charge in [-0.1, -0.05) is 36.4 Å². The molecule has 105 valence electrons. The Morgan fingerprint density at radius 3 is 2.15 bits per heavy atom. The van der Waals surface area contributed by atoms with Crippen molar-refractivity contribution in [2.45, 2.75) is 18.7 Å². The summed E-state index contributed by atoms with van der Waals surface area (Å²) in [6.45, 7) is 1.59. The van der Waals surface area contributed by atoms with Crippen LogP contribution in [-0.2, 0) is 5.60 Å². The Labute approximate surface area is 114 Å². The lowest BCUT2D eigenvalue weighted by Gasteiger charge is -2.31. The van der Waals surface area contributed by atoms with Crippen LogP contribution in [-0.4, -0.2) is 11.3 Å². The third-order valence-corrected chi connectivity index (χ3v) is 3.23. The Bertz CT molecular complexity index is 610. The van der Waals surface area contributed by atoms with Gasteiger partial charge < -0.3 is 10.8 Å². The average molecular weight is 280 g/mol. The molecule has 0 saturated heterocycles. The number of nitrogen functional groups attached to an aromatic ring is 1. The van der Waals surface area contributed by atoms with Crippen LogP contribution in [0.15, 0.2) is 42.5 Å². The molecule has 0 spiro atoms. The van der Waals surface area contributed by atoms with Crippen molar-refractivity contribution in [2.75, 3.05) is 5.73 Å². The molecule has 0 heterocycles. The monoisotopic (exact) mass is 280 g/mol. The van der Waals surface area contributed by atoms with Crippen LogP contribution >= 0.6 is 0 Å². The van der Waals surface area contributed by atoms with Crippen LogP contribution in [0.25, 0.3) is 0 Å². The molecule has 0 aliphatic carbocycles. The summed E-state index contributed by atoms with van der Waals surface area (Å²) in [7, 11) is 0. The van der Waals surface area contributed by atoms with E-state index in [0.717, 1.165) is 0 Å². The lowest BCUT2D eigenvalue weighted by atomic mass is 9.85. The highest BCUT2D eigenvalue weighted by atomic mass is 19.4. The van der Waals surface area contributed by atoms with Crippen LogP contribution in [0.2, 0.25) is 0 Å². The van der Waals surface area contributed by atoms with Crippen molar-refractivity contribution in [3.05, 3.63) is 65.2 Å². The fourth-order valence-electron chi connectivity index (χ4n) is 2.02. The molecule has 2 aromatic carbocycles. The van der Waals surface area contributed by atoms with Crippen molar-refractivity contribution < 1.29 is 18.3 Å². The Balaban J connectivity index is 2.68. The van der Waals surface area contributed by atoms with E-state index in [1.165, 1.54) is 42.5 Å².